The van der Waals surface area contributed by atoms with Crippen molar-refractivity contribution in [3.63, 3.8) is 0 Å². The second kappa shape index (κ2) is 6.70. The third kappa shape index (κ3) is 4.72. The number of hydrogen-bond donors (Lipinski definition) is 0. The van der Waals surface area contributed by atoms with Crippen LogP contribution in [-0.4, -0.2) is 4.92 Å². The molecule has 0 aliphatic rings. The van der Waals surface area contributed by atoms with E-state index in [-0.39, 0.29) is 5.70 Å². The van der Waals surface area contributed by atoms with Crippen LogP contribution >= 0.6 is 0 Å². The van der Waals surface area contributed by atoms with Crippen LogP contribution in [0.25, 0.3) is 6.08 Å². The van der Waals surface area contributed by atoms with Crippen molar-refractivity contribution < 1.29 is 18.1 Å². The summed E-state index contributed by atoms with van der Waals surface area (Å²) in [5.74, 6) is 0. The minimum Gasteiger partial charge on any atom is -0.258 e. The molecule has 1 rings (SSSR count). The van der Waals surface area contributed by atoms with Crippen molar-refractivity contribution in [3.8, 4) is 0 Å². The minimum absolute atomic E-state index is 0.101. The van der Waals surface area contributed by atoms with Gasteiger partial charge in [-0.1, -0.05) is 30.4 Å². The van der Waals surface area contributed by atoms with E-state index >= 15 is 0 Å². The maximum Gasteiger partial charge on any atom is 0.416 e. The van der Waals surface area contributed by atoms with Crippen LogP contribution < -0.4 is 0 Å². The van der Waals surface area contributed by atoms with Crippen LogP contribution in [0.15, 0.2) is 54.3 Å². The number of hydrogen-bond acceptors (Lipinski definition) is 2. The minimum atomic E-state index is -4.37. The van der Waals surface area contributed by atoms with Gasteiger partial charge < -0.3 is 0 Å². The largest absolute Gasteiger partial charge is 0.416 e. The van der Waals surface area contributed by atoms with E-state index in [1.165, 1.54) is 42.5 Å². The fourth-order valence-corrected chi connectivity index (χ4v) is 1.39. The Morgan fingerprint density at radius 2 is 1.85 bits per heavy atom. The average Bonchev–Trinajstić information content (AvgIpc) is 2.37. The Hall–Kier alpha value is -2.37. The predicted octanol–water partition coefficient (Wildman–Crippen LogP) is 4.46. The molecule has 0 fully saturated rings. The number of allylic oxidation sites excluding steroid dienone is 4. The predicted molar refractivity (Wildman–Crippen MR) is 70.4 cm³/mol. The van der Waals surface area contributed by atoms with E-state index in [2.05, 4.69) is 0 Å². The Labute approximate surface area is 113 Å². The fraction of sp³-hybridized carbons (Fsp3) is 0.143. The molecule has 0 saturated carbocycles. The summed E-state index contributed by atoms with van der Waals surface area (Å²) in [4.78, 5) is 10.1. The highest BCUT2D eigenvalue weighted by atomic mass is 19.4. The van der Waals surface area contributed by atoms with Crippen molar-refractivity contribution >= 4 is 6.08 Å². The first-order valence-electron chi connectivity index (χ1n) is 5.67. The lowest BCUT2D eigenvalue weighted by atomic mass is 10.1. The molecule has 0 heterocycles. The molecular formula is C14H12F3NO2. The molecule has 0 unspecified atom stereocenters. The van der Waals surface area contributed by atoms with Gasteiger partial charge in [-0.2, -0.15) is 13.2 Å². The summed E-state index contributed by atoms with van der Waals surface area (Å²) >= 11 is 0. The molecular weight excluding hydrogens is 271 g/mol. The van der Waals surface area contributed by atoms with E-state index in [9.17, 15) is 23.3 Å². The second-order valence-corrected chi connectivity index (χ2v) is 3.83. The Morgan fingerprint density at radius 3 is 2.30 bits per heavy atom. The third-order valence-corrected chi connectivity index (χ3v) is 2.34. The van der Waals surface area contributed by atoms with Crippen LogP contribution in [0.4, 0.5) is 13.2 Å². The van der Waals surface area contributed by atoms with Crippen LogP contribution in [-0.2, 0) is 6.18 Å². The van der Waals surface area contributed by atoms with Gasteiger partial charge in [0.2, 0.25) is 0 Å². The van der Waals surface area contributed by atoms with Gasteiger partial charge in [-0.05, 0) is 24.6 Å². The summed E-state index contributed by atoms with van der Waals surface area (Å²) in [6.45, 7) is 1.65. The van der Waals surface area contributed by atoms with Crippen molar-refractivity contribution in [2.24, 2.45) is 0 Å². The van der Waals surface area contributed by atoms with Crippen LogP contribution in [0.3, 0.4) is 0 Å². The number of rotatable bonds is 4. The van der Waals surface area contributed by atoms with E-state index in [0.717, 1.165) is 12.1 Å². The summed E-state index contributed by atoms with van der Waals surface area (Å²) < 4.78 is 37.0. The molecule has 0 bridgehead atoms. The first-order chi connectivity index (χ1) is 9.34. The van der Waals surface area contributed by atoms with Gasteiger partial charge in [0.25, 0.3) is 5.70 Å². The lowest BCUT2D eigenvalue weighted by Crippen LogP contribution is -2.03. The average molecular weight is 283 g/mol. The Balaban J connectivity index is 2.86. The summed E-state index contributed by atoms with van der Waals surface area (Å²) in [5.41, 5.74) is -0.307. The molecule has 0 atom stereocenters. The van der Waals surface area contributed by atoms with Crippen molar-refractivity contribution in [2.45, 2.75) is 13.1 Å². The molecule has 0 saturated heterocycles. The quantitative estimate of drug-likeness (QED) is 0.465. The summed E-state index contributed by atoms with van der Waals surface area (Å²) in [6.07, 6.45) is 2.68. The van der Waals surface area contributed by atoms with Crippen molar-refractivity contribution in [1.82, 2.24) is 0 Å². The summed E-state index contributed by atoms with van der Waals surface area (Å²) in [5, 5.41) is 10.6. The van der Waals surface area contributed by atoms with E-state index in [0.29, 0.717) is 5.56 Å². The Bertz CT molecular complexity index is 555. The van der Waals surface area contributed by atoms with E-state index in [1.807, 2.05) is 0 Å². The molecule has 20 heavy (non-hydrogen) atoms. The molecule has 0 aliphatic heterocycles. The van der Waals surface area contributed by atoms with E-state index < -0.39 is 16.7 Å². The van der Waals surface area contributed by atoms with Gasteiger partial charge in [0.15, 0.2) is 0 Å². The van der Waals surface area contributed by atoms with Gasteiger partial charge in [-0.15, -0.1) is 0 Å². The van der Waals surface area contributed by atoms with E-state index in [4.69, 9.17) is 0 Å². The summed E-state index contributed by atoms with van der Waals surface area (Å²) in [6, 6.07) is 4.52. The topological polar surface area (TPSA) is 43.1 Å². The van der Waals surface area contributed by atoms with Gasteiger partial charge in [-0.3, -0.25) is 10.1 Å². The number of alkyl halides is 3. The van der Waals surface area contributed by atoms with Gasteiger partial charge in [0, 0.05) is 12.2 Å². The zero-order valence-corrected chi connectivity index (χ0v) is 10.6. The molecule has 0 aromatic heterocycles. The highest BCUT2D eigenvalue weighted by molar-refractivity contribution is 5.52. The van der Waals surface area contributed by atoms with Crippen molar-refractivity contribution in [3.05, 3.63) is 75.5 Å². The molecule has 106 valence electrons. The molecule has 0 aliphatic carbocycles. The lowest BCUT2D eigenvalue weighted by molar-refractivity contribution is -0.419. The number of nitro groups is 1. The molecule has 0 radical (unpaired) electrons. The van der Waals surface area contributed by atoms with Crippen LogP contribution in [0.2, 0.25) is 0 Å². The van der Waals surface area contributed by atoms with Crippen molar-refractivity contribution in [1.29, 1.82) is 0 Å². The first kappa shape index (κ1) is 15.7. The summed E-state index contributed by atoms with van der Waals surface area (Å²) in [7, 11) is 0. The zero-order chi connectivity index (χ0) is 15.2. The normalized spacial score (nSPS) is 13.3. The monoisotopic (exact) mass is 283 g/mol. The number of halogens is 3. The van der Waals surface area contributed by atoms with Crippen molar-refractivity contribution in [2.75, 3.05) is 0 Å². The highest BCUT2D eigenvalue weighted by Gasteiger charge is 2.29. The smallest absolute Gasteiger partial charge is 0.258 e. The Morgan fingerprint density at radius 1 is 1.25 bits per heavy atom. The zero-order valence-electron chi connectivity index (χ0n) is 10.6. The first-order valence-corrected chi connectivity index (χ1v) is 5.67. The fourth-order valence-electron chi connectivity index (χ4n) is 1.39. The van der Waals surface area contributed by atoms with Gasteiger partial charge in [-0.25, -0.2) is 0 Å². The molecule has 3 nitrogen and oxygen atoms in total. The van der Waals surface area contributed by atoms with Gasteiger partial charge >= 0.3 is 6.18 Å². The number of benzene rings is 1. The molecule has 1 aromatic rings. The van der Waals surface area contributed by atoms with Crippen LogP contribution in [0.5, 0.6) is 0 Å². The number of nitrogens with zero attached hydrogens (tertiary/aromatic N) is 1. The van der Waals surface area contributed by atoms with Crippen LogP contribution in [0, 0.1) is 10.1 Å². The maximum atomic E-state index is 12.3. The van der Waals surface area contributed by atoms with E-state index in [1.54, 1.807) is 6.92 Å². The molecule has 0 N–H and O–H groups in total. The van der Waals surface area contributed by atoms with Crippen LogP contribution in [0.1, 0.15) is 18.1 Å². The molecule has 6 heteroatoms. The molecule has 1 aromatic carbocycles. The Kier molecular flexibility index (Phi) is 5.25. The third-order valence-electron chi connectivity index (χ3n) is 2.34. The standard InChI is InChI=1S/C14H12F3NO2/c1-2-4-13(18(19)20)6-3-5-11-7-9-12(10-8-11)14(15,16)17/h2-10H,1H3/b4-2-,5-3+,13-6+. The second-order valence-electron chi connectivity index (χ2n) is 3.83. The van der Waals surface area contributed by atoms with Gasteiger partial charge in [0.1, 0.15) is 0 Å². The molecule has 0 amide bonds. The SMILES string of the molecule is C\C=C/C(=C\C=C\c1ccc(C(F)(F)F)cc1)[N+](=O)[O-]. The maximum absolute atomic E-state index is 12.3. The highest BCUT2D eigenvalue weighted by Crippen LogP contribution is 2.29. The van der Waals surface area contributed by atoms with Gasteiger partial charge in [0.05, 0.1) is 10.5 Å². The lowest BCUT2D eigenvalue weighted by Gasteiger charge is -2.05. The molecule has 0 spiro atoms.